The van der Waals surface area contributed by atoms with Crippen LogP contribution in [0.5, 0.6) is 0 Å². The van der Waals surface area contributed by atoms with Crippen LogP contribution in [0.1, 0.15) is 12.0 Å². The Kier molecular flexibility index (Phi) is 2.66. The minimum absolute atomic E-state index is 1.000. The van der Waals surface area contributed by atoms with E-state index in [0.29, 0.717) is 0 Å². The number of nitrogens with zero attached hydrogens (tertiary/aromatic N) is 1. The van der Waals surface area contributed by atoms with Crippen LogP contribution >= 0.6 is 34.8 Å². The predicted octanol–water partition coefficient (Wildman–Crippen LogP) is 3.06. The molecular formula is C11H11IN2S. The molecule has 0 spiro atoms. The maximum Gasteiger partial charge on any atom is 0.0713 e. The van der Waals surface area contributed by atoms with Crippen molar-refractivity contribution in [2.75, 3.05) is 13.1 Å². The predicted molar refractivity (Wildman–Crippen MR) is 72.6 cm³/mol. The van der Waals surface area contributed by atoms with E-state index in [1.807, 2.05) is 11.9 Å². The van der Waals surface area contributed by atoms with E-state index in [4.69, 9.17) is 0 Å². The van der Waals surface area contributed by atoms with Gasteiger partial charge >= 0.3 is 0 Å². The van der Waals surface area contributed by atoms with Gasteiger partial charge in [0.1, 0.15) is 0 Å². The van der Waals surface area contributed by atoms with Gasteiger partial charge in [-0.05, 0) is 42.1 Å². The summed E-state index contributed by atoms with van der Waals surface area (Å²) in [4.78, 5) is 1.38. The van der Waals surface area contributed by atoms with Crippen molar-refractivity contribution >= 4 is 40.4 Å². The maximum atomic E-state index is 3.43. The first-order chi connectivity index (χ1) is 7.36. The average Bonchev–Trinajstić information content (AvgIpc) is 2.30. The Morgan fingerprint density at radius 3 is 3.13 bits per heavy atom. The van der Waals surface area contributed by atoms with Gasteiger partial charge in [-0.3, -0.25) is 2.52 Å². The molecule has 0 aliphatic carbocycles. The molecule has 0 fully saturated rings. The van der Waals surface area contributed by atoms with E-state index in [9.17, 15) is 0 Å². The van der Waals surface area contributed by atoms with E-state index >= 15 is 0 Å². The molecule has 0 aromatic heterocycles. The molecule has 1 N–H and O–H groups in total. The number of halogens is 1. The van der Waals surface area contributed by atoms with Gasteiger partial charge in [-0.15, -0.1) is 0 Å². The fraction of sp³-hybridized carbons (Fsp3) is 0.273. The topological polar surface area (TPSA) is 15.3 Å². The molecule has 2 aliphatic heterocycles. The summed E-state index contributed by atoms with van der Waals surface area (Å²) < 4.78 is 2.27. The van der Waals surface area contributed by atoms with E-state index in [1.54, 1.807) is 0 Å². The lowest BCUT2D eigenvalue weighted by molar-refractivity contribution is 0.669. The van der Waals surface area contributed by atoms with Crippen LogP contribution in [0.25, 0.3) is 5.57 Å². The summed E-state index contributed by atoms with van der Waals surface area (Å²) in [5, 5.41) is 3.43. The van der Waals surface area contributed by atoms with E-state index in [2.05, 4.69) is 55.0 Å². The fourth-order valence-electron chi connectivity index (χ4n) is 2.07. The zero-order valence-electron chi connectivity index (χ0n) is 8.16. The summed E-state index contributed by atoms with van der Waals surface area (Å²) >= 11 is 4.21. The molecular weight excluding hydrogens is 319 g/mol. The first-order valence-electron chi connectivity index (χ1n) is 5.02. The van der Waals surface area contributed by atoms with Crippen molar-refractivity contribution in [2.24, 2.45) is 0 Å². The molecule has 0 atom stereocenters. The second-order valence-electron chi connectivity index (χ2n) is 3.68. The molecule has 0 saturated heterocycles. The zero-order chi connectivity index (χ0) is 10.3. The van der Waals surface area contributed by atoms with Crippen molar-refractivity contribution in [3.05, 3.63) is 35.5 Å². The van der Waals surface area contributed by atoms with Crippen LogP contribution in [0.4, 0.5) is 0 Å². The van der Waals surface area contributed by atoms with E-state index < -0.39 is 0 Å². The first-order valence-corrected chi connectivity index (χ1v) is 6.76. The first kappa shape index (κ1) is 9.99. The lowest BCUT2D eigenvalue weighted by Crippen LogP contribution is -2.30. The highest BCUT2D eigenvalue weighted by Gasteiger charge is 2.25. The van der Waals surface area contributed by atoms with Crippen LogP contribution in [0.2, 0.25) is 0 Å². The molecule has 0 bridgehead atoms. The summed E-state index contributed by atoms with van der Waals surface area (Å²) in [6.45, 7) is 2.10. The lowest BCUT2D eigenvalue weighted by atomic mass is 9.98. The monoisotopic (exact) mass is 330 g/mol. The Morgan fingerprint density at radius 2 is 2.20 bits per heavy atom. The van der Waals surface area contributed by atoms with Crippen LogP contribution in [0.15, 0.2) is 34.9 Å². The van der Waals surface area contributed by atoms with Crippen molar-refractivity contribution < 1.29 is 0 Å². The van der Waals surface area contributed by atoms with Crippen LogP contribution in [0, 0.1) is 0 Å². The third kappa shape index (κ3) is 1.68. The second-order valence-corrected chi connectivity index (χ2v) is 6.29. The minimum Gasteiger partial charge on any atom is -0.311 e. The third-order valence-electron chi connectivity index (χ3n) is 2.80. The summed E-state index contributed by atoms with van der Waals surface area (Å²) in [5.41, 5.74) is 4.40. The Bertz CT molecular complexity index is 430. The van der Waals surface area contributed by atoms with E-state index in [0.717, 1.165) is 19.5 Å². The van der Waals surface area contributed by atoms with Gasteiger partial charge in [-0.2, -0.15) is 0 Å². The third-order valence-corrected chi connectivity index (χ3v) is 4.90. The molecule has 1 aromatic rings. The van der Waals surface area contributed by atoms with Crippen molar-refractivity contribution in [1.29, 1.82) is 0 Å². The van der Waals surface area contributed by atoms with Gasteiger partial charge in [-0.25, -0.2) is 0 Å². The van der Waals surface area contributed by atoms with Gasteiger partial charge in [0.05, 0.1) is 28.6 Å². The molecule has 0 amide bonds. The van der Waals surface area contributed by atoms with Crippen molar-refractivity contribution in [3.63, 3.8) is 0 Å². The molecule has 2 heterocycles. The normalized spacial score (nSPS) is 19.9. The molecule has 0 unspecified atom stereocenters. The Labute approximate surface area is 108 Å². The molecule has 15 heavy (non-hydrogen) atoms. The molecule has 0 saturated carbocycles. The van der Waals surface area contributed by atoms with Crippen molar-refractivity contribution in [3.8, 4) is 0 Å². The van der Waals surface area contributed by atoms with Crippen molar-refractivity contribution in [2.45, 2.75) is 11.3 Å². The van der Waals surface area contributed by atoms with Gasteiger partial charge in [0.25, 0.3) is 0 Å². The molecule has 2 aliphatic rings. The van der Waals surface area contributed by atoms with Gasteiger partial charge in [0, 0.05) is 11.4 Å². The molecule has 1 aromatic carbocycles. The molecule has 0 radical (unpaired) electrons. The summed E-state index contributed by atoms with van der Waals surface area (Å²) in [5.74, 6) is 0. The number of hydrogen-bond acceptors (Lipinski definition) is 3. The summed E-state index contributed by atoms with van der Waals surface area (Å²) in [7, 11) is 0. The number of rotatable bonds is 0. The van der Waals surface area contributed by atoms with E-state index in [1.165, 1.54) is 21.7 Å². The Hall–Kier alpha value is -0.200. The highest BCUT2D eigenvalue weighted by molar-refractivity contribution is 14.1. The van der Waals surface area contributed by atoms with Crippen LogP contribution < -0.4 is 5.32 Å². The number of nitrogens with one attached hydrogen (secondary N) is 1. The standard InChI is InChI=1S/C11H11IN2S/c12-14-10-7-13-6-5-8(10)9-3-1-2-4-11(9)15-14/h1-4,13H,5-7H2. The molecule has 2 nitrogen and oxygen atoms in total. The van der Waals surface area contributed by atoms with Crippen molar-refractivity contribution in [1.82, 2.24) is 7.84 Å². The molecule has 78 valence electrons. The van der Waals surface area contributed by atoms with Crippen LogP contribution in [-0.4, -0.2) is 15.6 Å². The smallest absolute Gasteiger partial charge is 0.0713 e. The van der Waals surface area contributed by atoms with Gasteiger partial charge < -0.3 is 5.32 Å². The van der Waals surface area contributed by atoms with Gasteiger partial charge in [0.2, 0.25) is 0 Å². The number of hydrogen-bond donors (Lipinski definition) is 1. The number of benzene rings is 1. The zero-order valence-corrected chi connectivity index (χ0v) is 11.1. The van der Waals surface area contributed by atoms with E-state index in [-0.39, 0.29) is 0 Å². The summed E-state index contributed by atoms with van der Waals surface area (Å²) in [6, 6.07) is 8.70. The maximum absolute atomic E-state index is 3.43. The number of fused-ring (bicyclic) bond motifs is 2. The molecule has 4 heteroatoms. The fourth-order valence-corrected chi connectivity index (χ4v) is 4.05. The molecule has 3 rings (SSSR count). The SMILES string of the molecule is IN1Sc2ccccc2C2=C1CNCC2. The van der Waals surface area contributed by atoms with Gasteiger partial charge in [0.15, 0.2) is 0 Å². The van der Waals surface area contributed by atoms with Gasteiger partial charge in [-0.1, -0.05) is 18.2 Å². The average molecular weight is 330 g/mol. The quantitative estimate of drug-likeness (QED) is 0.447. The Balaban J connectivity index is 2.16. The van der Waals surface area contributed by atoms with Crippen LogP contribution in [-0.2, 0) is 0 Å². The second kappa shape index (κ2) is 3.99. The van der Waals surface area contributed by atoms with Crippen LogP contribution in [0.3, 0.4) is 0 Å². The highest BCUT2D eigenvalue weighted by Crippen LogP contribution is 2.44. The lowest BCUT2D eigenvalue weighted by Gasteiger charge is -2.32. The minimum atomic E-state index is 1.000. The summed E-state index contributed by atoms with van der Waals surface area (Å²) in [6.07, 6.45) is 1.15. The largest absolute Gasteiger partial charge is 0.311 e. The highest BCUT2D eigenvalue weighted by atomic mass is 127. The Morgan fingerprint density at radius 1 is 1.33 bits per heavy atom.